The first kappa shape index (κ1) is 23.1. The maximum Gasteiger partial charge on any atom is -0.0163 e. The maximum atomic E-state index is 14.8. The molecule has 0 bridgehead atoms. The molecule has 0 saturated carbocycles. The van der Waals surface area contributed by atoms with Crippen LogP contribution < -0.4 is 21.0 Å². The molecule has 5 aromatic carbocycles. The van der Waals surface area contributed by atoms with Crippen molar-refractivity contribution in [3.8, 4) is 0 Å². The van der Waals surface area contributed by atoms with Gasteiger partial charge < -0.3 is 5.11 Å². The number of rotatable bonds is 7. The van der Waals surface area contributed by atoms with Gasteiger partial charge in [0, 0.05) is 0 Å². The Kier molecular flexibility index (Phi) is 6.82. The summed E-state index contributed by atoms with van der Waals surface area (Å²) >= 11 is 0. The lowest BCUT2D eigenvalue weighted by atomic mass is 9.84. The van der Waals surface area contributed by atoms with Crippen LogP contribution in [0.5, 0.6) is 0 Å². The fraction of sp³-hybridized carbons (Fsp3) is 0.0606. The zero-order valence-corrected chi connectivity index (χ0v) is 20.5. The molecule has 0 amide bonds. The van der Waals surface area contributed by atoms with E-state index in [-0.39, 0.29) is 0 Å². The van der Waals surface area contributed by atoms with Crippen LogP contribution in [0, 0.1) is 0 Å². The van der Waals surface area contributed by atoms with E-state index in [1.54, 1.807) is 0 Å². The zero-order valence-electron chi connectivity index (χ0n) is 19.6. The highest BCUT2D eigenvalue weighted by molar-refractivity contribution is 7.94. The maximum absolute atomic E-state index is 14.8. The third kappa shape index (κ3) is 4.54. The first-order valence-corrected chi connectivity index (χ1v) is 13.8. The second kappa shape index (κ2) is 10.3. The highest BCUT2D eigenvalue weighted by atomic mass is 31.2. The monoisotopic (exact) mass is 471 g/mol. The third-order valence-electron chi connectivity index (χ3n) is 6.62. The average molecular weight is 472 g/mol. The standard InChI is InChI=1S/C33H28OP/c34-33(28-16-6-1-7-17-28,29-18-8-2-9-19-29)26-27-35(30-20-10-3-11-21-30,31-22-12-4-13-23-31)32-24-14-5-15-25-32/h1-25,27H,26H2/q-1. The predicted octanol–water partition coefficient (Wildman–Crippen LogP) is 5.48. The molecule has 0 fully saturated rings. The van der Waals surface area contributed by atoms with E-state index in [2.05, 4.69) is 96.8 Å². The van der Waals surface area contributed by atoms with Crippen molar-refractivity contribution in [3.63, 3.8) is 0 Å². The highest BCUT2D eigenvalue weighted by Crippen LogP contribution is 2.45. The Morgan fingerprint density at radius 1 is 0.457 bits per heavy atom. The molecule has 35 heavy (non-hydrogen) atoms. The SMILES string of the molecule is [O-]C(CC=P(c1ccccc1)(c1ccccc1)c1ccccc1)(c1ccccc1)c1ccccc1. The van der Waals surface area contributed by atoms with Crippen LogP contribution >= 0.6 is 6.89 Å². The molecule has 0 radical (unpaired) electrons. The van der Waals surface area contributed by atoms with Gasteiger partial charge in [-0.1, -0.05) is 174 Å². The summed E-state index contributed by atoms with van der Waals surface area (Å²) in [5.41, 5.74) is 0.177. The Hall–Kier alpha value is -3.64. The van der Waals surface area contributed by atoms with Gasteiger partial charge in [0.2, 0.25) is 0 Å². The molecule has 0 N–H and O–H groups in total. The van der Waals surface area contributed by atoms with Gasteiger partial charge in [-0.2, -0.15) is 0 Å². The van der Waals surface area contributed by atoms with E-state index in [9.17, 15) is 5.11 Å². The fourth-order valence-corrected chi connectivity index (χ4v) is 8.82. The van der Waals surface area contributed by atoms with Gasteiger partial charge in [0.25, 0.3) is 0 Å². The van der Waals surface area contributed by atoms with Gasteiger partial charge >= 0.3 is 0 Å². The molecule has 0 aliphatic carbocycles. The second-order valence-corrected chi connectivity index (χ2v) is 12.0. The lowest BCUT2D eigenvalue weighted by Gasteiger charge is -2.42. The smallest absolute Gasteiger partial charge is 0.0163 e. The van der Waals surface area contributed by atoms with Crippen LogP contribution in [0.2, 0.25) is 0 Å². The van der Waals surface area contributed by atoms with Crippen LogP contribution in [-0.4, -0.2) is 5.80 Å². The fourth-order valence-electron chi connectivity index (χ4n) is 4.84. The molecule has 2 heteroatoms. The molecule has 0 heterocycles. The van der Waals surface area contributed by atoms with Crippen molar-refractivity contribution in [1.82, 2.24) is 0 Å². The quantitative estimate of drug-likeness (QED) is 0.289. The van der Waals surface area contributed by atoms with Crippen molar-refractivity contribution < 1.29 is 5.11 Å². The van der Waals surface area contributed by atoms with Gasteiger partial charge in [-0.15, -0.1) is 0 Å². The highest BCUT2D eigenvalue weighted by Gasteiger charge is 2.27. The van der Waals surface area contributed by atoms with Gasteiger partial charge in [0.1, 0.15) is 0 Å². The zero-order chi connectivity index (χ0) is 24.0. The van der Waals surface area contributed by atoms with Crippen molar-refractivity contribution in [3.05, 3.63) is 163 Å². The average Bonchev–Trinajstić information content (AvgIpc) is 2.96. The van der Waals surface area contributed by atoms with Crippen molar-refractivity contribution in [2.75, 3.05) is 0 Å². The second-order valence-electron chi connectivity index (χ2n) is 8.68. The minimum atomic E-state index is -2.22. The molecule has 172 valence electrons. The molecule has 0 aliphatic heterocycles. The van der Waals surface area contributed by atoms with E-state index in [4.69, 9.17) is 0 Å². The van der Waals surface area contributed by atoms with E-state index in [1.807, 2.05) is 60.7 Å². The molecule has 0 saturated heterocycles. The molecular formula is C33H28OP-. The Morgan fingerprint density at radius 3 is 1.06 bits per heavy atom. The summed E-state index contributed by atoms with van der Waals surface area (Å²) in [6.45, 7) is -2.22. The molecule has 0 aliphatic rings. The van der Waals surface area contributed by atoms with Gasteiger partial charge in [0.15, 0.2) is 0 Å². The summed E-state index contributed by atoms with van der Waals surface area (Å²) in [5.74, 6) is 2.35. The summed E-state index contributed by atoms with van der Waals surface area (Å²) in [6, 6.07) is 51.6. The Morgan fingerprint density at radius 2 is 0.743 bits per heavy atom. The third-order valence-corrected chi connectivity index (χ3v) is 10.7. The van der Waals surface area contributed by atoms with Gasteiger partial charge in [-0.25, -0.2) is 0 Å². The summed E-state index contributed by atoms with van der Waals surface area (Å²) in [5, 5.41) is 18.6. The van der Waals surface area contributed by atoms with Gasteiger partial charge in [-0.05, 0) is 29.2 Å². The van der Waals surface area contributed by atoms with E-state index < -0.39 is 12.5 Å². The number of hydrogen-bond donors (Lipinski definition) is 0. The first-order chi connectivity index (χ1) is 17.2. The van der Waals surface area contributed by atoms with Crippen LogP contribution in [0.1, 0.15) is 17.5 Å². The normalized spacial score (nSPS) is 11.7. The van der Waals surface area contributed by atoms with Crippen LogP contribution in [0.3, 0.4) is 0 Å². The number of hydrogen-bond acceptors (Lipinski definition) is 1. The predicted molar refractivity (Wildman–Crippen MR) is 149 cm³/mol. The van der Waals surface area contributed by atoms with Crippen molar-refractivity contribution in [1.29, 1.82) is 0 Å². The minimum absolute atomic E-state index is 0.369. The van der Waals surface area contributed by atoms with Crippen LogP contribution in [0.4, 0.5) is 0 Å². The largest absolute Gasteiger partial charge is 0.842 e. The van der Waals surface area contributed by atoms with Crippen LogP contribution in [0.25, 0.3) is 0 Å². The molecule has 0 aromatic heterocycles. The van der Waals surface area contributed by atoms with Crippen molar-refractivity contribution in [2.45, 2.75) is 12.0 Å². The lowest BCUT2D eigenvalue weighted by molar-refractivity contribution is -0.468. The topological polar surface area (TPSA) is 23.1 Å². The van der Waals surface area contributed by atoms with Crippen molar-refractivity contribution >= 4 is 28.6 Å². The molecule has 1 nitrogen and oxygen atoms in total. The van der Waals surface area contributed by atoms with E-state index in [1.165, 1.54) is 15.9 Å². The van der Waals surface area contributed by atoms with Gasteiger partial charge in [-0.3, -0.25) is 0 Å². The Bertz CT molecular complexity index is 1250. The lowest BCUT2D eigenvalue weighted by Crippen LogP contribution is -2.43. The van der Waals surface area contributed by atoms with E-state index in [0.29, 0.717) is 6.42 Å². The summed E-state index contributed by atoms with van der Waals surface area (Å²) in [7, 11) is 0. The number of benzene rings is 5. The van der Waals surface area contributed by atoms with Gasteiger partial charge in [0.05, 0.1) is 0 Å². The Labute approximate surface area is 208 Å². The molecule has 0 atom stereocenters. The molecule has 5 rings (SSSR count). The first-order valence-electron chi connectivity index (χ1n) is 11.9. The molecule has 0 spiro atoms. The Balaban J connectivity index is 1.80. The van der Waals surface area contributed by atoms with Crippen molar-refractivity contribution in [2.24, 2.45) is 0 Å². The summed E-state index contributed by atoms with van der Waals surface area (Å²) < 4.78 is 0. The molecule has 5 aromatic rings. The van der Waals surface area contributed by atoms with E-state index in [0.717, 1.165) is 11.1 Å². The summed E-state index contributed by atoms with van der Waals surface area (Å²) in [4.78, 5) is 0. The van der Waals surface area contributed by atoms with E-state index >= 15 is 0 Å². The van der Waals surface area contributed by atoms with Crippen LogP contribution in [0.15, 0.2) is 152 Å². The minimum Gasteiger partial charge on any atom is -0.842 e. The van der Waals surface area contributed by atoms with Crippen LogP contribution in [-0.2, 0) is 5.60 Å². The summed E-state index contributed by atoms with van der Waals surface area (Å²) in [6.07, 6.45) is 0.369. The molecule has 0 unspecified atom stereocenters. The molecular weight excluding hydrogens is 443 g/mol.